The van der Waals surface area contributed by atoms with Crippen LogP contribution >= 0.6 is 0 Å². The standard InChI is InChI=1S/C11H18N2O/c1-8-4-5-10(14-8)11-9(7-12)3-2-6-13-11/h4-5,9,11,13H,2-3,6-7,12H2,1H3/t9-,11+/m1/s1. The average Bonchev–Trinajstić information content (AvgIpc) is 2.65. The van der Waals surface area contributed by atoms with Gasteiger partial charge < -0.3 is 15.5 Å². The zero-order chi connectivity index (χ0) is 9.97. The molecular formula is C11H18N2O. The fourth-order valence-electron chi connectivity index (χ4n) is 2.16. The van der Waals surface area contributed by atoms with E-state index in [1.54, 1.807) is 0 Å². The summed E-state index contributed by atoms with van der Waals surface area (Å²) in [6.45, 7) is 3.78. The third-order valence-electron chi connectivity index (χ3n) is 2.96. The predicted molar refractivity (Wildman–Crippen MR) is 56.0 cm³/mol. The summed E-state index contributed by atoms with van der Waals surface area (Å²) < 4.78 is 5.64. The SMILES string of the molecule is Cc1ccc([C@H]2NCCC[C@@H]2CN)o1. The molecule has 1 aromatic heterocycles. The van der Waals surface area contributed by atoms with Gasteiger partial charge in [-0.2, -0.15) is 0 Å². The predicted octanol–water partition coefficient (Wildman–Crippen LogP) is 1.59. The number of furan rings is 1. The van der Waals surface area contributed by atoms with Gasteiger partial charge in [0.2, 0.25) is 0 Å². The molecule has 14 heavy (non-hydrogen) atoms. The van der Waals surface area contributed by atoms with Crippen LogP contribution in [0.15, 0.2) is 16.5 Å². The highest BCUT2D eigenvalue weighted by molar-refractivity contribution is 5.11. The van der Waals surface area contributed by atoms with Gasteiger partial charge in [0, 0.05) is 0 Å². The Hall–Kier alpha value is -0.800. The molecule has 3 N–H and O–H groups in total. The highest BCUT2D eigenvalue weighted by Gasteiger charge is 2.26. The smallest absolute Gasteiger partial charge is 0.121 e. The Bertz CT molecular complexity index is 295. The Labute approximate surface area is 84.7 Å². The molecule has 78 valence electrons. The molecule has 1 aliphatic heterocycles. The lowest BCUT2D eigenvalue weighted by atomic mass is 9.89. The van der Waals surface area contributed by atoms with Gasteiger partial charge in [0.05, 0.1) is 6.04 Å². The molecule has 3 heteroatoms. The summed E-state index contributed by atoms with van der Waals surface area (Å²) in [6.07, 6.45) is 2.42. The Kier molecular flexibility index (Phi) is 2.89. The molecule has 0 aliphatic carbocycles. The van der Waals surface area contributed by atoms with Crippen molar-refractivity contribution >= 4 is 0 Å². The van der Waals surface area contributed by atoms with E-state index in [2.05, 4.69) is 11.4 Å². The second kappa shape index (κ2) is 4.15. The van der Waals surface area contributed by atoms with Crippen LogP contribution in [0.25, 0.3) is 0 Å². The van der Waals surface area contributed by atoms with Gasteiger partial charge in [-0.3, -0.25) is 0 Å². The lowest BCUT2D eigenvalue weighted by molar-refractivity contribution is 0.254. The van der Waals surface area contributed by atoms with E-state index in [4.69, 9.17) is 10.2 Å². The molecule has 3 nitrogen and oxygen atoms in total. The van der Waals surface area contributed by atoms with Crippen molar-refractivity contribution in [2.45, 2.75) is 25.8 Å². The molecule has 0 aromatic carbocycles. The van der Waals surface area contributed by atoms with Crippen molar-refractivity contribution in [2.24, 2.45) is 11.7 Å². The Morgan fingerprint density at radius 1 is 1.57 bits per heavy atom. The van der Waals surface area contributed by atoms with Gasteiger partial charge >= 0.3 is 0 Å². The zero-order valence-corrected chi connectivity index (χ0v) is 8.62. The first-order chi connectivity index (χ1) is 6.81. The fraction of sp³-hybridized carbons (Fsp3) is 0.636. The summed E-state index contributed by atoms with van der Waals surface area (Å²) in [7, 11) is 0. The van der Waals surface area contributed by atoms with Crippen LogP contribution in [0.3, 0.4) is 0 Å². The van der Waals surface area contributed by atoms with Crippen LogP contribution in [0, 0.1) is 12.8 Å². The average molecular weight is 194 g/mol. The number of piperidine rings is 1. The Morgan fingerprint density at radius 3 is 3.07 bits per heavy atom. The van der Waals surface area contributed by atoms with Gasteiger partial charge in [0.1, 0.15) is 11.5 Å². The molecule has 1 saturated heterocycles. The highest BCUT2D eigenvalue weighted by atomic mass is 16.3. The minimum atomic E-state index is 0.322. The van der Waals surface area contributed by atoms with Crippen LogP contribution in [0.2, 0.25) is 0 Å². The van der Waals surface area contributed by atoms with Crippen molar-refractivity contribution in [3.8, 4) is 0 Å². The molecular weight excluding hydrogens is 176 g/mol. The first-order valence-corrected chi connectivity index (χ1v) is 5.31. The van der Waals surface area contributed by atoms with Crippen LogP contribution in [0.4, 0.5) is 0 Å². The number of nitrogens with one attached hydrogen (secondary N) is 1. The Morgan fingerprint density at radius 2 is 2.43 bits per heavy atom. The van der Waals surface area contributed by atoms with Crippen LogP contribution in [-0.2, 0) is 0 Å². The molecule has 2 atom stereocenters. The molecule has 0 bridgehead atoms. The van der Waals surface area contributed by atoms with E-state index < -0.39 is 0 Å². The molecule has 0 radical (unpaired) electrons. The third kappa shape index (κ3) is 1.83. The van der Waals surface area contributed by atoms with E-state index in [1.807, 2.05) is 13.0 Å². The first-order valence-electron chi connectivity index (χ1n) is 5.31. The molecule has 0 unspecified atom stereocenters. The number of hydrogen-bond acceptors (Lipinski definition) is 3. The highest BCUT2D eigenvalue weighted by Crippen LogP contribution is 2.29. The third-order valence-corrected chi connectivity index (χ3v) is 2.96. The molecule has 0 spiro atoms. The van der Waals surface area contributed by atoms with Crippen molar-refractivity contribution in [3.05, 3.63) is 23.7 Å². The fourth-order valence-corrected chi connectivity index (χ4v) is 2.16. The number of rotatable bonds is 2. The lowest BCUT2D eigenvalue weighted by Crippen LogP contribution is -2.37. The maximum absolute atomic E-state index is 5.76. The number of aryl methyl sites for hydroxylation is 1. The van der Waals surface area contributed by atoms with Gasteiger partial charge in [-0.1, -0.05) is 0 Å². The number of hydrogen-bond donors (Lipinski definition) is 2. The van der Waals surface area contributed by atoms with Gasteiger partial charge in [0.25, 0.3) is 0 Å². The van der Waals surface area contributed by atoms with Crippen molar-refractivity contribution < 1.29 is 4.42 Å². The minimum absolute atomic E-state index is 0.322. The monoisotopic (exact) mass is 194 g/mol. The molecule has 1 aliphatic rings. The normalized spacial score (nSPS) is 27.9. The number of nitrogens with two attached hydrogens (primary N) is 1. The molecule has 0 saturated carbocycles. The van der Waals surface area contributed by atoms with Gasteiger partial charge in [-0.25, -0.2) is 0 Å². The van der Waals surface area contributed by atoms with Crippen LogP contribution < -0.4 is 11.1 Å². The van der Waals surface area contributed by atoms with E-state index in [0.29, 0.717) is 12.0 Å². The van der Waals surface area contributed by atoms with Crippen LogP contribution in [-0.4, -0.2) is 13.1 Å². The first kappa shape index (κ1) is 9.74. The van der Waals surface area contributed by atoms with Gasteiger partial charge in [-0.15, -0.1) is 0 Å². The summed E-state index contributed by atoms with van der Waals surface area (Å²) in [5.41, 5.74) is 5.76. The second-order valence-electron chi connectivity index (χ2n) is 4.02. The van der Waals surface area contributed by atoms with Crippen LogP contribution in [0.1, 0.15) is 30.4 Å². The molecule has 2 heterocycles. The van der Waals surface area contributed by atoms with E-state index in [9.17, 15) is 0 Å². The quantitative estimate of drug-likeness (QED) is 0.751. The van der Waals surface area contributed by atoms with Crippen molar-refractivity contribution in [3.63, 3.8) is 0 Å². The lowest BCUT2D eigenvalue weighted by Gasteiger charge is -2.30. The minimum Gasteiger partial charge on any atom is -0.465 e. The van der Waals surface area contributed by atoms with Gasteiger partial charge in [-0.05, 0) is 50.9 Å². The summed E-state index contributed by atoms with van der Waals surface area (Å²) in [5.74, 6) is 2.54. The summed E-state index contributed by atoms with van der Waals surface area (Å²) in [6, 6.07) is 4.39. The molecule has 1 aromatic rings. The maximum Gasteiger partial charge on any atom is 0.121 e. The van der Waals surface area contributed by atoms with Crippen molar-refractivity contribution in [1.29, 1.82) is 0 Å². The maximum atomic E-state index is 5.76. The van der Waals surface area contributed by atoms with Crippen LogP contribution in [0.5, 0.6) is 0 Å². The molecule has 0 amide bonds. The summed E-state index contributed by atoms with van der Waals surface area (Å²) in [4.78, 5) is 0. The summed E-state index contributed by atoms with van der Waals surface area (Å²) >= 11 is 0. The van der Waals surface area contributed by atoms with E-state index in [1.165, 1.54) is 12.8 Å². The second-order valence-corrected chi connectivity index (χ2v) is 4.02. The zero-order valence-electron chi connectivity index (χ0n) is 8.62. The van der Waals surface area contributed by atoms with E-state index >= 15 is 0 Å². The van der Waals surface area contributed by atoms with E-state index in [0.717, 1.165) is 24.6 Å². The largest absolute Gasteiger partial charge is 0.465 e. The topological polar surface area (TPSA) is 51.2 Å². The van der Waals surface area contributed by atoms with Gasteiger partial charge in [0.15, 0.2) is 0 Å². The van der Waals surface area contributed by atoms with E-state index in [-0.39, 0.29) is 0 Å². The van der Waals surface area contributed by atoms with Crippen molar-refractivity contribution in [1.82, 2.24) is 5.32 Å². The molecule has 1 fully saturated rings. The molecule has 2 rings (SSSR count). The van der Waals surface area contributed by atoms with Crippen molar-refractivity contribution in [2.75, 3.05) is 13.1 Å². The Balaban J connectivity index is 2.14. The summed E-state index contributed by atoms with van der Waals surface area (Å²) in [5, 5.41) is 3.48.